The molecule has 94 valence electrons. The van der Waals surface area contributed by atoms with Gasteiger partial charge in [0.2, 0.25) is 0 Å². The van der Waals surface area contributed by atoms with Crippen LogP contribution < -0.4 is 0 Å². The van der Waals surface area contributed by atoms with Crippen molar-refractivity contribution in [3.63, 3.8) is 0 Å². The van der Waals surface area contributed by atoms with Gasteiger partial charge in [0.25, 0.3) is 0 Å². The van der Waals surface area contributed by atoms with Crippen LogP contribution in [0.15, 0.2) is 22.7 Å². The van der Waals surface area contributed by atoms with Crippen molar-refractivity contribution in [2.45, 2.75) is 12.8 Å². The number of halogens is 2. The lowest BCUT2D eigenvalue weighted by Gasteiger charge is -2.26. The normalized spacial score (nSPS) is 17.3. The van der Waals surface area contributed by atoms with Gasteiger partial charge in [-0.2, -0.15) is 0 Å². The van der Waals surface area contributed by atoms with Crippen LogP contribution in [-0.4, -0.2) is 37.7 Å². The molecule has 0 aliphatic carbocycles. The number of benzene rings is 1. The van der Waals surface area contributed by atoms with Crippen LogP contribution in [0.5, 0.6) is 0 Å². The highest BCUT2D eigenvalue weighted by atomic mass is 79.9. The molecular weight excluding hydrogens is 285 g/mol. The number of morpholine rings is 1. The van der Waals surface area contributed by atoms with E-state index in [1.54, 1.807) is 12.1 Å². The highest BCUT2D eigenvalue weighted by Gasteiger charge is 2.10. The van der Waals surface area contributed by atoms with E-state index in [2.05, 4.69) is 20.8 Å². The fourth-order valence-electron chi connectivity index (χ4n) is 2.05. The Labute approximate surface area is 110 Å². The molecule has 1 aromatic rings. The first-order valence-electron chi connectivity index (χ1n) is 6.00. The molecule has 0 atom stereocenters. The second-order valence-corrected chi connectivity index (χ2v) is 5.15. The Morgan fingerprint density at radius 3 is 2.82 bits per heavy atom. The summed E-state index contributed by atoms with van der Waals surface area (Å²) in [6.45, 7) is 4.77. The lowest BCUT2D eigenvalue weighted by atomic mass is 10.1. The van der Waals surface area contributed by atoms with E-state index in [-0.39, 0.29) is 5.82 Å². The number of hydrogen-bond donors (Lipinski definition) is 0. The first-order chi connectivity index (χ1) is 8.25. The summed E-state index contributed by atoms with van der Waals surface area (Å²) in [6.07, 6.45) is 1.97. The van der Waals surface area contributed by atoms with Crippen molar-refractivity contribution in [2.75, 3.05) is 32.8 Å². The fraction of sp³-hybridized carbons (Fsp3) is 0.538. The number of aryl methyl sites for hydroxylation is 1. The fourth-order valence-corrected chi connectivity index (χ4v) is 2.50. The molecule has 4 heteroatoms. The molecule has 0 saturated carbocycles. The van der Waals surface area contributed by atoms with Crippen LogP contribution in [-0.2, 0) is 11.2 Å². The van der Waals surface area contributed by atoms with Crippen molar-refractivity contribution in [3.05, 3.63) is 34.1 Å². The highest BCUT2D eigenvalue weighted by Crippen LogP contribution is 2.19. The molecule has 1 aliphatic heterocycles. The Bertz CT molecular complexity index is 366. The zero-order chi connectivity index (χ0) is 12.1. The molecule has 1 saturated heterocycles. The van der Waals surface area contributed by atoms with E-state index in [1.165, 1.54) is 6.07 Å². The van der Waals surface area contributed by atoms with Gasteiger partial charge in [0.05, 0.1) is 13.2 Å². The molecule has 1 fully saturated rings. The molecule has 0 N–H and O–H groups in total. The zero-order valence-corrected chi connectivity index (χ0v) is 11.4. The first kappa shape index (κ1) is 13.0. The molecule has 1 heterocycles. The molecule has 0 aromatic heterocycles. The minimum Gasteiger partial charge on any atom is -0.379 e. The predicted octanol–water partition coefficient (Wildman–Crippen LogP) is 2.85. The van der Waals surface area contributed by atoms with Gasteiger partial charge in [-0.1, -0.05) is 15.9 Å². The molecule has 0 amide bonds. The topological polar surface area (TPSA) is 12.5 Å². The zero-order valence-electron chi connectivity index (χ0n) is 9.79. The van der Waals surface area contributed by atoms with Crippen LogP contribution in [0, 0.1) is 5.82 Å². The summed E-state index contributed by atoms with van der Waals surface area (Å²) < 4.78 is 19.4. The third-order valence-electron chi connectivity index (χ3n) is 3.03. The second-order valence-electron chi connectivity index (χ2n) is 4.29. The monoisotopic (exact) mass is 301 g/mol. The van der Waals surface area contributed by atoms with Crippen LogP contribution in [0.25, 0.3) is 0 Å². The molecular formula is C13H17BrFNO. The van der Waals surface area contributed by atoms with Crippen LogP contribution in [0.4, 0.5) is 4.39 Å². The van der Waals surface area contributed by atoms with E-state index in [0.29, 0.717) is 0 Å². The SMILES string of the molecule is Fc1ccc(Br)c(CCCN2CCOCC2)c1. The Balaban J connectivity index is 1.79. The summed E-state index contributed by atoms with van der Waals surface area (Å²) in [4.78, 5) is 2.40. The van der Waals surface area contributed by atoms with Gasteiger partial charge in [-0.05, 0) is 43.1 Å². The molecule has 2 rings (SSSR count). The molecule has 1 aliphatic rings. The van der Waals surface area contributed by atoms with Gasteiger partial charge in [-0.3, -0.25) is 4.90 Å². The molecule has 17 heavy (non-hydrogen) atoms. The maximum Gasteiger partial charge on any atom is 0.123 e. The lowest BCUT2D eigenvalue weighted by Crippen LogP contribution is -2.36. The van der Waals surface area contributed by atoms with Crippen LogP contribution in [0.2, 0.25) is 0 Å². The van der Waals surface area contributed by atoms with Crippen LogP contribution in [0.1, 0.15) is 12.0 Å². The van der Waals surface area contributed by atoms with Crippen LogP contribution in [0.3, 0.4) is 0 Å². The van der Waals surface area contributed by atoms with E-state index in [4.69, 9.17) is 4.74 Å². The van der Waals surface area contributed by atoms with Crippen molar-refractivity contribution in [2.24, 2.45) is 0 Å². The third-order valence-corrected chi connectivity index (χ3v) is 3.81. The summed E-state index contributed by atoms with van der Waals surface area (Å²) in [5.74, 6) is -0.158. The van der Waals surface area contributed by atoms with Gasteiger partial charge in [0, 0.05) is 17.6 Å². The van der Waals surface area contributed by atoms with Crippen molar-refractivity contribution in [3.8, 4) is 0 Å². The Morgan fingerprint density at radius 2 is 2.06 bits per heavy atom. The molecule has 1 aromatic carbocycles. The number of rotatable bonds is 4. The minimum absolute atomic E-state index is 0.158. The Kier molecular flexibility index (Phi) is 4.95. The number of hydrogen-bond acceptors (Lipinski definition) is 2. The van der Waals surface area contributed by atoms with Gasteiger partial charge in [-0.15, -0.1) is 0 Å². The summed E-state index contributed by atoms with van der Waals surface area (Å²) in [6, 6.07) is 4.87. The number of ether oxygens (including phenoxy) is 1. The van der Waals surface area contributed by atoms with Gasteiger partial charge in [0.1, 0.15) is 5.82 Å². The van der Waals surface area contributed by atoms with Gasteiger partial charge < -0.3 is 4.74 Å². The summed E-state index contributed by atoms with van der Waals surface area (Å²) in [5.41, 5.74) is 1.05. The maximum absolute atomic E-state index is 13.1. The Morgan fingerprint density at radius 1 is 1.29 bits per heavy atom. The average Bonchev–Trinajstić information content (AvgIpc) is 2.35. The smallest absolute Gasteiger partial charge is 0.123 e. The van der Waals surface area contributed by atoms with E-state index in [1.807, 2.05) is 0 Å². The van der Waals surface area contributed by atoms with E-state index < -0.39 is 0 Å². The molecule has 0 unspecified atom stereocenters. The summed E-state index contributed by atoms with van der Waals surface area (Å²) in [7, 11) is 0. The quantitative estimate of drug-likeness (QED) is 0.848. The minimum atomic E-state index is -0.158. The average molecular weight is 302 g/mol. The Hall–Kier alpha value is -0.450. The number of nitrogens with zero attached hydrogens (tertiary/aromatic N) is 1. The predicted molar refractivity (Wildman–Crippen MR) is 69.7 cm³/mol. The van der Waals surface area contributed by atoms with Gasteiger partial charge >= 0.3 is 0 Å². The van der Waals surface area contributed by atoms with Crippen molar-refractivity contribution >= 4 is 15.9 Å². The van der Waals surface area contributed by atoms with Crippen molar-refractivity contribution in [1.29, 1.82) is 0 Å². The first-order valence-corrected chi connectivity index (χ1v) is 6.79. The highest BCUT2D eigenvalue weighted by molar-refractivity contribution is 9.10. The molecule has 2 nitrogen and oxygen atoms in total. The maximum atomic E-state index is 13.1. The second kappa shape index (κ2) is 6.47. The van der Waals surface area contributed by atoms with Gasteiger partial charge in [0.15, 0.2) is 0 Å². The molecule has 0 bridgehead atoms. The van der Waals surface area contributed by atoms with Crippen molar-refractivity contribution < 1.29 is 9.13 Å². The van der Waals surface area contributed by atoms with Crippen LogP contribution >= 0.6 is 15.9 Å². The lowest BCUT2D eigenvalue weighted by molar-refractivity contribution is 0.0374. The van der Waals surface area contributed by atoms with E-state index >= 15 is 0 Å². The van der Waals surface area contributed by atoms with E-state index in [9.17, 15) is 4.39 Å². The standard InChI is InChI=1S/C13H17BrFNO/c14-13-4-3-12(15)10-11(13)2-1-5-16-6-8-17-9-7-16/h3-4,10H,1-2,5-9H2. The van der Waals surface area contributed by atoms with Crippen molar-refractivity contribution in [1.82, 2.24) is 4.90 Å². The largest absolute Gasteiger partial charge is 0.379 e. The molecule has 0 radical (unpaired) electrons. The summed E-state index contributed by atoms with van der Waals surface area (Å²) >= 11 is 3.46. The third kappa shape index (κ3) is 4.05. The molecule has 0 spiro atoms. The van der Waals surface area contributed by atoms with Gasteiger partial charge in [-0.25, -0.2) is 4.39 Å². The van der Waals surface area contributed by atoms with E-state index in [0.717, 1.165) is 55.7 Å². The summed E-state index contributed by atoms with van der Waals surface area (Å²) in [5, 5.41) is 0.